The Morgan fingerprint density at radius 1 is 1.38 bits per heavy atom. The van der Waals surface area contributed by atoms with Crippen molar-refractivity contribution in [3.05, 3.63) is 40.5 Å². The van der Waals surface area contributed by atoms with E-state index in [1.165, 1.54) is 6.08 Å². The fourth-order valence-corrected chi connectivity index (χ4v) is 1.65. The van der Waals surface area contributed by atoms with Gasteiger partial charge in [-0.1, -0.05) is 15.9 Å². The van der Waals surface area contributed by atoms with E-state index in [0.717, 1.165) is 15.9 Å². The Morgan fingerprint density at radius 2 is 2.06 bits per heavy atom. The first-order valence-corrected chi connectivity index (χ1v) is 5.40. The highest BCUT2D eigenvalue weighted by Gasteiger charge is 2.06. The highest BCUT2D eigenvalue weighted by atomic mass is 79.9. The minimum absolute atomic E-state index is 0.481. The van der Waals surface area contributed by atoms with Gasteiger partial charge in [0.15, 0.2) is 5.82 Å². The molecule has 0 aliphatic carbocycles. The third-order valence-corrected chi connectivity index (χ3v) is 2.57. The van der Waals surface area contributed by atoms with E-state index in [-0.39, 0.29) is 0 Å². The number of nitrogens with zero attached hydrogens (tertiary/aromatic N) is 3. The molecule has 0 aliphatic rings. The maximum atomic E-state index is 10.3. The third-order valence-electron chi connectivity index (χ3n) is 2.04. The Morgan fingerprint density at radius 3 is 2.69 bits per heavy atom. The SMILES string of the molecule is Cc1cc(N=C=O)n(-c2ccc(Br)cc2)n1. The summed E-state index contributed by atoms with van der Waals surface area (Å²) >= 11 is 3.36. The normalized spacial score (nSPS) is 9.88. The van der Waals surface area contributed by atoms with Crippen LogP contribution in [0.3, 0.4) is 0 Å². The Labute approximate surface area is 101 Å². The summed E-state index contributed by atoms with van der Waals surface area (Å²) < 4.78 is 2.59. The number of aliphatic imine (C=N–C) groups is 1. The van der Waals surface area contributed by atoms with E-state index in [1.807, 2.05) is 31.2 Å². The molecule has 2 aromatic rings. The zero-order valence-electron chi connectivity index (χ0n) is 8.51. The van der Waals surface area contributed by atoms with Gasteiger partial charge in [-0.15, -0.1) is 4.99 Å². The van der Waals surface area contributed by atoms with Gasteiger partial charge in [-0.25, -0.2) is 9.48 Å². The molecule has 16 heavy (non-hydrogen) atoms. The fraction of sp³-hybridized carbons (Fsp3) is 0.0909. The van der Waals surface area contributed by atoms with Crippen molar-refractivity contribution in [3.8, 4) is 5.69 Å². The molecule has 2 rings (SSSR count). The Kier molecular flexibility index (Phi) is 2.99. The summed E-state index contributed by atoms with van der Waals surface area (Å²) in [6.45, 7) is 1.85. The van der Waals surface area contributed by atoms with Crippen molar-refractivity contribution in [2.75, 3.05) is 0 Å². The molecule has 1 aromatic heterocycles. The lowest BCUT2D eigenvalue weighted by atomic mass is 10.3. The molecule has 80 valence electrons. The first-order chi connectivity index (χ1) is 7.70. The molecule has 1 aromatic carbocycles. The first kappa shape index (κ1) is 10.8. The van der Waals surface area contributed by atoms with Gasteiger partial charge in [0.2, 0.25) is 6.08 Å². The summed E-state index contributed by atoms with van der Waals surface area (Å²) in [4.78, 5) is 13.9. The number of isocyanates is 1. The van der Waals surface area contributed by atoms with Gasteiger partial charge in [0.1, 0.15) is 0 Å². The van der Waals surface area contributed by atoms with Gasteiger partial charge >= 0.3 is 0 Å². The smallest absolute Gasteiger partial charge is 0.214 e. The van der Waals surface area contributed by atoms with E-state index in [9.17, 15) is 4.79 Å². The van der Waals surface area contributed by atoms with Gasteiger partial charge in [-0.2, -0.15) is 5.10 Å². The number of halogens is 1. The largest absolute Gasteiger partial charge is 0.242 e. The van der Waals surface area contributed by atoms with Crippen LogP contribution < -0.4 is 0 Å². The standard InChI is InChI=1S/C11H8BrN3O/c1-8-6-11(13-7-16)15(14-8)10-4-2-9(12)3-5-10/h2-6H,1H3. The molecule has 0 unspecified atom stereocenters. The molecule has 0 aliphatic heterocycles. The van der Waals surface area contributed by atoms with Crippen LogP contribution in [0.4, 0.5) is 5.82 Å². The lowest BCUT2D eigenvalue weighted by Crippen LogP contribution is -1.95. The van der Waals surface area contributed by atoms with Crippen molar-refractivity contribution in [2.45, 2.75) is 6.92 Å². The number of hydrogen-bond acceptors (Lipinski definition) is 3. The monoisotopic (exact) mass is 277 g/mol. The van der Waals surface area contributed by atoms with Gasteiger partial charge < -0.3 is 0 Å². The molecule has 0 spiro atoms. The van der Waals surface area contributed by atoms with Crippen LogP contribution in [-0.2, 0) is 4.79 Å². The van der Waals surface area contributed by atoms with Crippen LogP contribution in [0.15, 0.2) is 39.8 Å². The highest BCUT2D eigenvalue weighted by Crippen LogP contribution is 2.20. The van der Waals surface area contributed by atoms with Crippen LogP contribution >= 0.6 is 15.9 Å². The first-order valence-electron chi connectivity index (χ1n) is 4.61. The summed E-state index contributed by atoms with van der Waals surface area (Å²) in [7, 11) is 0. The van der Waals surface area contributed by atoms with E-state index in [4.69, 9.17) is 0 Å². The molecular formula is C11H8BrN3O. The lowest BCUT2D eigenvalue weighted by molar-refractivity contribution is 0.565. The second kappa shape index (κ2) is 4.43. The quantitative estimate of drug-likeness (QED) is 0.626. The third kappa shape index (κ3) is 2.10. The minimum atomic E-state index is 0.481. The van der Waals surface area contributed by atoms with E-state index in [1.54, 1.807) is 10.7 Å². The topological polar surface area (TPSA) is 47.2 Å². The van der Waals surface area contributed by atoms with E-state index < -0.39 is 0 Å². The summed E-state index contributed by atoms with van der Waals surface area (Å²) in [6.07, 6.45) is 1.52. The van der Waals surface area contributed by atoms with E-state index >= 15 is 0 Å². The summed E-state index contributed by atoms with van der Waals surface area (Å²) in [5.74, 6) is 0.481. The van der Waals surface area contributed by atoms with Crippen molar-refractivity contribution in [3.63, 3.8) is 0 Å². The average molecular weight is 278 g/mol. The van der Waals surface area contributed by atoms with Crippen LogP contribution in [0.1, 0.15) is 5.69 Å². The van der Waals surface area contributed by atoms with Gasteiger partial charge in [-0.05, 0) is 31.2 Å². The number of aromatic nitrogens is 2. The molecular weight excluding hydrogens is 270 g/mol. The molecule has 5 heteroatoms. The zero-order chi connectivity index (χ0) is 11.5. The number of rotatable bonds is 2. The van der Waals surface area contributed by atoms with Gasteiger partial charge in [-0.3, -0.25) is 0 Å². The average Bonchev–Trinajstić information content (AvgIpc) is 2.61. The molecule has 0 bridgehead atoms. The number of hydrogen-bond donors (Lipinski definition) is 0. The van der Waals surface area contributed by atoms with Crippen LogP contribution in [0.25, 0.3) is 5.69 Å². The zero-order valence-corrected chi connectivity index (χ0v) is 10.1. The van der Waals surface area contributed by atoms with Crippen LogP contribution in [0, 0.1) is 6.92 Å². The molecule has 0 N–H and O–H groups in total. The number of benzene rings is 1. The maximum Gasteiger partial charge on any atom is 0.242 e. The Hall–Kier alpha value is -1.71. The molecule has 0 fully saturated rings. The second-order valence-corrected chi connectivity index (χ2v) is 4.15. The Bertz CT molecular complexity index is 553. The minimum Gasteiger partial charge on any atom is -0.214 e. The number of aryl methyl sites for hydroxylation is 1. The molecule has 0 amide bonds. The van der Waals surface area contributed by atoms with Crippen LogP contribution in [0.2, 0.25) is 0 Å². The summed E-state index contributed by atoms with van der Waals surface area (Å²) in [5, 5.41) is 4.26. The predicted octanol–water partition coefficient (Wildman–Crippen LogP) is 2.91. The molecule has 0 atom stereocenters. The van der Waals surface area contributed by atoms with Crippen LogP contribution in [-0.4, -0.2) is 15.9 Å². The molecule has 1 heterocycles. The van der Waals surface area contributed by atoms with Crippen molar-refractivity contribution in [2.24, 2.45) is 4.99 Å². The van der Waals surface area contributed by atoms with Crippen molar-refractivity contribution < 1.29 is 4.79 Å². The lowest BCUT2D eigenvalue weighted by Gasteiger charge is -2.02. The van der Waals surface area contributed by atoms with Gasteiger partial charge in [0.05, 0.1) is 11.4 Å². The summed E-state index contributed by atoms with van der Waals surface area (Å²) in [5.41, 5.74) is 1.65. The second-order valence-electron chi connectivity index (χ2n) is 3.24. The Balaban J connectivity index is 2.54. The van der Waals surface area contributed by atoms with E-state index in [0.29, 0.717) is 5.82 Å². The van der Waals surface area contributed by atoms with Crippen molar-refractivity contribution in [1.29, 1.82) is 0 Å². The maximum absolute atomic E-state index is 10.3. The van der Waals surface area contributed by atoms with Gasteiger partial charge in [0.25, 0.3) is 0 Å². The molecule has 0 saturated heterocycles. The predicted molar refractivity (Wildman–Crippen MR) is 63.8 cm³/mol. The van der Waals surface area contributed by atoms with E-state index in [2.05, 4.69) is 26.0 Å². The fourth-order valence-electron chi connectivity index (χ4n) is 1.38. The molecule has 4 nitrogen and oxygen atoms in total. The number of carbonyl (C=O) groups excluding carboxylic acids is 1. The molecule has 0 saturated carbocycles. The van der Waals surface area contributed by atoms with Crippen LogP contribution in [0.5, 0.6) is 0 Å². The van der Waals surface area contributed by atoms with Crippen molar-refractivity contribution in [1.82, 2.24) is 9.78 Å². The van der Waals surface area contributed by atoms with Crippen molar-refractivity contribution >= 4 is 27.8 Å². The molecule has 0 radical (unpaired) electrons. The highest BCUT2D eigenvalue weighted by molar-refractivity contribution is 9.10. The summed E-state index contributed by atoms with van der Waals surface area (Å²) in [6, 6.07) is 9.31. The van der Waals surface area contributed by atoms with Gasteiger partial charge in [0, 0.05) is 10.5 Å².